The minimum Gasteiger partial charge on any atom is -0.464 e. The molecule has 0 aliphatic heterocycles. The van der Waals surface area contributed by atoms with Gasteiger partial charge in [-0.1, -0.05) is 12.1 Å². The van der Waals surface area contributed by atoms with Crippen LogP contribution in [0, 0.1) is 0 Å². The van der Waals surface area contributed by atoms with Crippen LogP contribution >= 0.6 is 0 Å². The Labute approximate surface area is 83.2 Å². The molecule has 2 rings (SSSR count). The summed E-state index contributed by atoms with van der Waals surface area (Å²) in [6.45, 7) is 0.0308. The molecule has 0 amide bonds. The van der Waals surface area contributed by atoms with E-state index in [1.165, 1.54) is 5.56 Å². The van der Waals surface area contributed by atoms with Gasteiger partial charge in [-0.2, -0.15) is 0 Å². The molecule has 2 aromatic rings. The number of aryl methyl sites for hydroxylation is 1. The van der Waals surface area contributed by atoms with E-state index >= 15 is 0 Å². The quantitative estimate of drug-likeness (QED) is 0.680. The first-order valence-electron chi connectivity index (χ1n) is 4.94. The summed E-state index contributed by atoms with van der Waals surface area (Å²) >= 11 is 0. The van der Waals surface area contributed by atoms with E-state index in [-0.39, 0.29) is 6.61 Å². The lowest BCUT2D eigenvalue weighted by atomic mass is 10.1. The maximum atomic E-state index is 10.3. The normalized spacial score (nSPS) is 10.9. The molecule has 0 aliphatic carbocycles. The average molecular weight is 189 g/mol. The molecule has 1 heterocycles. The molecule has 0 N–H and O–H groups in total. The summed E-state index contributed by atoms with van der Waals surface area (Å²) in [5, 5.41) is 11.4. The van der Waals surface area contributed by atoms with Gasteiger partial charge in [-0.15, -0.1) is 0 Å². The maximum Gasteiger partial charge on any atom is 0.134 e. The molecule has 0 saturated carbocycles. The second kappa shape index (κ2) is 4.29. The zero-order chi connectivity index (χ0) is 9.80. The first kappa shape index (κ1) is 9.28. The van der Waals surface area contributed by atoms with Gasteiger partial charge in [0.05, 0.1) is 12.9 Å². The number of unbranched alkanes of at least 4 members (excludes halogenated alkanes) is 1. The number of hydrogen-bond acceptors (Lipinski definition) is 1. The van der Waals surface area contributed by atoms with Crippen molar-refractivity contribution in [2.75, 3.05) is 6.61 Å². The third kappa shape index (κ3) is 1.96. The van der Waals surface area contributed by atoms with Crippen molar-refractivity contribution in [1.82, 2.24) is 0 Å². The topological polar surface area (TPSA) is 33.0 Å². The van der Waals surface area contributed by atoms with Crippen LogP contribution in [0.15, 0.2) is 34.9 Å². The van der Waals surface area contributed by atoms with Crippen LogP contribution in [0.2, 0.25) is 0 Å². The van der Waals surface area contributed by atoms with Crippen molar-refractivity contribution < 1.29 is 9.52 Å². The van der Waals surface area contributed by atoms with Crippen molar-refractivity contribution in [2.24, 2.45) is 0 Å². The van der Waals surface area contributed by atoms with Gasteiger partial charge in [-0.3, -0.25) is 0 Å². The lowest BCUT2D eigenvalue weighted by molar-refractivity contribution is 0.187. The fourth-order valence-electron chi connectivity index (χ4n) is 1.59. The number of rotatable bonds is 4. The molecule has 0 aliphatic rings. The Morgan fingerprint density at radius 3 is 2.93 bits per heavy atom. The minimum atomic E-state index is 0.0308. The Balaban J connectivity index is 2.10. The highest BCUT2D eigenvalue weighted by Gasteiger charge is 1.98. The maximum absolute atomic E-state index is 10.3. The van der Waals surface area contributed by atoms with E-state index in [0.717, 1.165) is 30.2 Å². The summed E-state index contributed by atoms with van der Waals surface area (Å²) in [5.74, 6) is 0. The molecule has 0 saturated heterocycles. The van der Waals surface area contributed by atoms with Crippen LogP contribution in [0.25, 0.3) is 11.0 Å². The van der Waals surface area contributed by atoms with Crippen molar-refractivity contribution in [3.05, 3.63) is 36.1 Å². The smallest absolute Gasteiger partial charge is 0.134 e. The highest BCUT2D eigenvalue weighted by Crippen LogP contribution is 2.17. The van der Waals surface area contributed by atoms with Gasteiger partial charge >= 0.3 is 0 Å². The predicted molar refractivity (Wildman–Crippen MR) is 54.7 cm³/mol. The summed E-state index contributed by atoms with van der Waals surface area (Å²) < 4.78 is 5.30. The molecule has 14 heavy (non-hydrogen) atoms. The third-order valence-corrected chi connectivity index (χ3v) is 2.38. The molecular weight excluding hydrogens is 176 g/mol. The summed E-state index contributed by atoms with van der Waals surface area (Å²) in [7, 11) is 0. The highest BCUT2D eigenvalue weighted by atomic mass is 16.3. The lowest BCUT2D eigenvalue weighted by Crippen LogP contribution is -1.87. The molecule has 0 fully saturated rings. The number of fused-ring (bicyclic) bond motifs is 1. The van der Waals surface area contributed by atoms with Crippen LogP contribution < -0.4 is 0 Å². The summed E-state index contributed by atoms with van der Waals surface area (Å²) in [6.07, 6.45) is 4.40. The second-order valence-corrected chi connectivity index (χ2v) is 3.45. The van der Waals surface area contributed by atoms with Gasteiger partial charge in [0.25, 0.3) is 0 Å². The monoisotopic (exact) mass is 189 g/mol. The van der Waals surface area contributed by atoms with E-state index in [9.17, 15) is 5.11 Å². The molecule has 0 bridgehead atoms. The van der Waals surface area contributed by atoms with Gasteiger partial charge in [-0.05, 0) is 37.0 Å². The van der Waals surface area contributed by atoms with Gasteiger partial charge in [0.15, 0.2) is 0 Å². The van der Waals surface area contributed by atoms with Crippen molar-refractivity contribution in [3.8, 4) is 0 Å². The molecule has 0 spiro atoms. The highest BCUT2D eigenvalue weighted by molar-refractivity contribution is 5.77. The first-order chi connectivity index (χ1) is 6.90. The fraction of sp³-hybridized carbons (Fsp3) is 0.333. The van der Waals surface area contributed by atoms with Crippen LogP contribution in [0.4, 0.5) is 0 Å². The molecule has 2 heteroatoms. The first-order valence-corrected chi connectivity index (χ1v) is 4.94. The van der Waals surface area contributed by atoms with Crippen molar-refractivity contribution in [3.63, 3.8) is 0 Å². The summed E-state index contributed by atoms with van der Waals surface area (Å²) in [6, 6.07) is 8.17. The van der Waals surface area contributed by atoms with Crippen molar-refractivity contribution in [2.45, 2.75) is 19.3 Å². The van der Waals surface area contributed by atoms with E-state index < -0.39 is 0 Å². The van der Waals surface area contributed by atoms with Crippen LogP contribution in [-0.4, -0.2) is 6.61 Å². The Bertz CT molecular complexity index is 403. The summed E-state index contributed by atoms with van der Waals surface area (Å²) in [5.41, 5.74) is 2.19. The predicted octanol–water partition coefficient (Wildman–Crippen LogP) is 3.19. The second-order valence-electron chi connectivity index (χ2n) is 3.45. The van der Waals surface area contributed by atoms with E-state index in [2.05, 4.69) is 18.2 Å². The van der Waals surface area contributed by atoms with Crippen LogP contribution in [-0.2, 0) is 11.5 Å². The zero-order valence-corrected chi connectivity index (χ0v) is 8.03. The molecule has 73 valence electrons. The van der Waals surface area contributed by atoms with E-state index in [1.54, 1.807) is 6.26 Å². The van der Waals surface area contributed by atoms with Gasteiger partial charge in [0.2, 0.25) is 0 Å². The van der Waals surface area contributed by atoms with E-state index in [4.69, 9.17) is 4.42 Å². The van der Waals surface area contributed by atoms with Gasteiger partial charge in [0.1, 0.15) is 5.58 Å². The molecule has 1 aromatic heterocycles. The minimum absolute atomic E-state index is 0.0308. The van der Waals surface area contributed by atoms with Crippen molar-refractivity contribution in [1.29, 1.82) is 0 Å². The largest absolute Gasteiger partial charge is 0.464 e. The van der Waals surface area contributed by atoms with Crippen LogP contribution in [0.5, 0.6) is 0 Å². The SMILES string of the molecule is [O]CCCCc1ccc2ccoc2c1. The van der Waals surface area contributed by atoms with Crippen LogP contribution in [0.3, 0.4) is 0 Å². The van der Waals surface area contributed by atoms with Gasteiger partial charge in [-0.25, -0.2) is 5.11 Å². The molecule has 1 aromatic carbocycles. The standard InChI is InChI=1S/C12H13O2/c13-7-2-1-3-10-4-5-11-6-8-14-12(11)9-10/h4-6,8-9H,1-3,7H2. The van der Waals surface area contributed by atoms with Crippen molar-refractivity contribution >= 4 is 11.0 Å². The molecule has 0 atom stereocenters. The van der Waals surface area contributed by atoms with E-state index in [1.807, 2.05) is 6.07 Å². The fourth-order valence-corrected chi connectivity index (χ4v) is 1.59. The summed E-state index contributed by atoms with van der Waals surface area (Å²) in [4.78, 5) is 0. The van der Waals surface area contributed by atoms with Gasteiger partial charge < -0.3 is 4.42 Å². The Morgan fingerprint density at radius 1 is 1.14 bits per heavy atom. The molecular formula is C12H13O2. The zero-order valence-electron chi connectivity index (χ0n) is 8.03. The van der Waals surface area contributed by atoms with E-state index in [0.29, 0.717) is 0 Å². The number of benzene rings is 1. The molecule has 0 unspecified atom stereocenters. The van der Waals surface area contributed by atoms with Gasteiger partial charge in [0, 0.05) is 5.39 Å². The average Bonchev–Trinajstić information content (AvgIpc) is 2.65. The van der Waals surface area contributed by atoms with Crippen LogP contribution in [0.1, 0.15) is 18.4 Å². The number of furan rings is 1. The Morgan fingerprint density at radius 2 is 2.07 bits per heavy atom. The molecule has 1 radical (unpaired) electrons. The Hall–Kier alpha value is -1.28. The lowest BCUT2D eigenvalue weighted by Gasteiger charge is -1.99. The molecule has 2 nitrogen and oxygen atoms in total. The number of hydrogen-bond donors (Lipinski definition) is 0. The third-order valence-electron chi connectivity index (χ3n) is 2.38. The Kier molecular flexibility index (Phi) is 2.84.